The van der Waals surface area contributed by atoms with Gasteiger partial charge in [-0.05, 0) is 24.7 Å². The summed E-state index contributed by atoms with van der Waals surface area (Å²) in [6.45, 7) is 7.93. The number of hydrogen-bond donors (Lipinski definition) is 0. The Morgan fingerprint density at radius 2 is 2.17 bits per heavy atom. The molecule has 72 valence electrons. The Hall–Kier alpha value is -0.0400. The normalized spacial score (nSPS) is 28.8. The van der Waals surface area contributed by atoms with Gasteiger partial charge < -0.3 is 4.74 Å². The van der Waals surface area contributed by atoms with E-state index in [-0.39, 0.29) is 0 Å². The van der Waals surface area contributed by atoms with Gasteiger partial charge in [-0.15, -0.1) is 0 Å². The Morgan fingerprint density at radius 3 is 2.75 bits per heavy atom. The Bertz CT molecular complexity index is 129. The van der Waals surface area contributed by atoms with Gasteiger partial charge in [0.05, 0.1) is 6.10 Å². The molecule has 0 bridgehead atoms. The molecule has 1 rings (SSSR count). The van der Waals surface area contributed by atoms with Crippen LogP contribution in [0.5, 0.6) is 0 Å². The molecule has 1 aliphatic rings. The van der Waals surface area contributed by atoms with Crippen LogP contribution >= 0.6 is 0 Å². The number of ether oxygens (including phenoxy) is 1. The van der Waals surface area contributed by atoms with Crippen molar-refractivity contribution in [2.24, 2.45) is 5.41 Å². The summed E-state index contributed by atoms with van der Waals surface area (Å²) in [4.78, 5) is 0. The maximum atomic E-state index is 5.72. The highest BCUT2D eigenvalue weighted by atomic mass is 16.5. The van der Waals surface area contributed by atoms with Crippen LogP contribution in [0, 0.1) is 5.41 Å². The molecule has 0 spiro atoms. The van der Waals surface area contributed by atoms with Crippen molar-refractivity contribution in [2.75, 3.05) is 6.61 Å². The second kappa shape index (κ2) is 4.27. The van der Waals surface area contributed by atoms with Gasteiger partial charge in [-0.3, -0.25) is 0 Å². The zero-order valence-electron chi connectivity index (χ0n) is 8.73. The smallest absolute Gasteiger partial charge is 0.0580 e. The molecule has 0 N–H and O–H groups in total. The first-order chi connectivity index (χ1) is 5.64. The van der Waals surface area contributed by atoms with Crippen molar-refractivity contribution in [2.45, 2.75) is 59.0 Å². The summed E-state index contributed by atoms with van der Waals surface area (Å²) < 4.78 is 5.72. The fourth-order valence-electron chi connectivity index (χ4n) is 1.90. The summed E-state index contributed by atoms with van der Waals surface area (Å²) >= 11 is 0. The van der Waals surface area contributed by atoms with Crippen molar-refractivity contribution in [1.82, 2.24) is 0 Å². The highest BCUT2D eigenvalue weighted by Gasteiger charge is 2.27. The van der Waals surface area contributed by atoms with E-state index in [1.54, 1.807) is 0 Å². The molecule has 0 aromatic rings. The second-order valence-corrected chi connectivity index (χ2v) is 4.75. The van der Waals surface area contributed by atoms with Gasteiger partial charge in [0.2, 0.25) is 0 Å². The summed E-state index contributed by atoms with van der Waals surface area (Å²) in [5, 5.41) is 0. The fourth-order valence-corrected chi connectivity index (χ4v) is 1.90. The molecule has 1 heteroatoms. The minimum Gasteiger partial charge on any atom is -0.378 e. The number of unbranched alkanes of at least 4 members (excludes halogenated alkanes) is 1. The first kappa shape index (κ1) is 10.0. The van der Waals surface area contributed by atoms with Crippen LogP contribution in [0.15, 0.2) is 0 Å². The molecule has 1 saturated heterocycles. The minimum atomic E-state index is 0.524. The van der Waals surface area contributed by atoms with Crippen LogP contribution in [-0.4, -0.2) is 12.7 Å². The van der Waals surface area contributed by atoms with Crippen molar-refractivity contribution >= 4 is 0 Å². The minimum absolute atomic E-state index is 0.524. The van der Waals surface area contributed by atoms with E-state index in [9.17, 15) is 0 Å². The lowest BCUT2D eigenvalue weighted by Crippen LogP contribution is -2.30. The van der Waals surface area contributed by atoms with Gasteiger partial charge in [0.25, 0.3) is 0 Å². The maximum Gasteiger partial charge on any atom is 0.0580 e. The third-order valence-corrected chi connectivity index (χ3v) is 2.79. The van der Waals surface area contributed by atoms with Crippen LogP contribution < -0.4 is 0 Å². The van der Waals surface area contributed by atoms with Gasteiger partial charge in [0.1, 0.15) is 0 Å². The van der Waals surface area contributed by atoms with Crippen LogP contribution in [0.3, 0.4) is 0 Å². The zero-order valence-corrected chi connectivity index (χ0v) is 8.73. The van der Waals surface area contributed by atoms with E-state index in [0.29, 0.717) is 11.5 Å². The molecule has 12 heavy (non-hydrogen) atoms. The summed E-state index contributed by atoms with van der Waals surface area (Å²) in [6, 6.07) is 0. The zero-order chi connectivity index (χ0) is 9.03. The van der Waals surface area contributed by atoms with Crippen molar-refractivity contribution in [3.63, 3.8) is 0 Å². The van der Waals surface area contributed by atoms with Crippen LogP contribution in [0.4, 0.5) is 0 Å². The topological polar surface area (TPSA) is 9.23 Å². The first-order valence-corrected chi connectivity index (χ1v) is 5.26. The molecule has 0 saturated carbocycles. The molecule has 1 unspecified atom stereocenters. The molecule has 1 aliphatic heterocycles. The van der Waals surface area contributed by atoms with Gasteiger partial charge in [0, 0.05) is 6.61 Å². The standard InChI is InChI=1S/C11H22O/c1-4-5-6-10-9-11(2,3)7-8-12-10/h10H,4-9H2,1-3H3. The van der Waals surface area contributed by atoms with E-state index in [0.717, 1.165) is 6.61 Å². The largest absolute Gasteiger partial charge is 0.378 e. The van der Waals surface area contributed by atoms with E-state index in [4.69, 9.17) is 4.74 Å². The van der Waals surface area contributed by atoms with Gasteiger partial charge in [0.15, 0.2) is 0 Å². The predicted molar refractivity (Wildman–Crippen MR) is 52.3 cm³/mol. The summed E-state index contributed by atoms with van der Waals surface area (Å²) in [7, 11) is 0. The van der Waals surface area contributed by atoms with Crippen LogP contribution in [0.2, 0.25) is 0 Å². The first-order valence-electron chi connectivity index (χ1n) is 5.26. The molecular formula is C11H22O. The third kappa shape index (κ3) is 3.14. The Labute approximate surface area is 76.5 Å². The molecule has 1 atom stereocenters. The molecule has 0 aromatic carbocycles. The van der Waals surface area contributed by atoms with E-state index in [2.05, 4.69) is 20.8 Å². The maximum absolute atomic E-state index is 5.72. The van der Waals surface area contributed by atoms with Gasteiger partial charge >= 0.3 is 0 Å². The Morgan fingerprint density at radius 1 is 1.42 bits per heavy atom. The van der Waals surface area contributed by atoms with Crippen molar-refractivity contribution < 1.29 is 4.74 Å². The Balaban J connectivity index is 2.26. The van der Waals surface area contributed by atoms with E-state index in [1.807, 2.05) is 0 Å². The van der Waals surface area contributed by atoms with E-state index in [1.165, 1.54) is 32.1 Å². The van der Waals surface area contributed by atoms with Crippen LogP contribution in [0.1, 0.15) is 52.9 Å². The van der Waals surface area contributed by atoms with Crippen LogP contribution in [-0.2, 0) is 4.74 Å². The van der Waals surface area contributed by atoms with Crippen LogP contribution in [0.25, 0.3) is 0 Å². The summed E-state index contributed by atoms with van der Waals surface area (Å²) in [6.07, 6.45) is 6.91. The highest BCUT2D eigenvalue weighted by Crippen LogP contribution is 2.33. The van der Waals surface area contributed by atoms with Gasteiger partial charge in [-0.25, -0.2) is 0 Å². The van der Waals surface area contributed by atoms with E-state index < -0.39 is 0 Å². The van der Waals surface area contributed by atoms with E-state index >= 15 is 0 Å². The molecule has 0 amide bonds. The van der Waals surface area contributed by atoms with Gasteiger partial charge in [-0.1, -0.05) is 33.6 Å². The summed E-state index contributed by atoms with van der Waals surface area (Å²) in [5.41, 5.74) is 0.524. The number of hydrogen-bond acceptors (Lipinski definition) is 1. The van der Waals surface area contributed by atoms with Crippen molar-refractivity contribution in [1.29, 1.82) is 0 Å². The highest BCUT2D eigenvalue weighted by molar-refractivity contribution is 4.78. The van der Waals surface area contributed by atoms with Crippen molar-refractivity contribution in [3.8, 4) is 0 Å². The summed E-state index contributed by atoms with van der Waals surface area (Å²) in [5.74, 6) is 0. The average molecular weight is 170 g/mol. The third-order valence-electron chi connectivity index (χ3n) is 2.79. The SMILES string of the molecule is CCCCC1CC(C)(C)CCO1. The molecule has 1 nitrogen and oxygen atoms in total. The molecule has 1 fully saturated rings. The molecule has 0 aliphatic carbocycles. The molecule has 1 heterocycles. The fraction of sp³-hybridized carbons (Fsp3) is 1.00. The quantitative estimate of drug-likeness (QED) is 0.631. The predicted octanol–water partition coefficient (Wildman–Crippen LogP) is 3.38. The Kier molecular flexibility index (Phi) is 3.57. The number of rotatable bonds is 3. The monoisotopic (exact) mass is 170 g/mol. The van der Waals surface area contributed by atoms with Gasteiger partial charge in [-0.2, -0.15) is 0 Å². The molecular weight excluding hydrogens is 148 g/mol. The lowest BCUT2D eigenvalue weighted by Gasteiger charge is -2.35. The van der Waals surface area contributed by atoms with Crippen molar-refractivity contribution in [3.05, 3.63) is 0 Å². The second-order valence-electron chi connectivity index (χ2n) is 4.75. The lowest BCUT2D eigenvalue weighted by molar-refractivity contribution is -0.0401. The molecule has 0 radical (unpaired) electrons. The molecule has 0 aromatic heterocycles. The average Bonchev–Trinajstić information content (AvgIpc) is 1.99. The lowest BCUT2D eigenvalue weighted by atomic mass is 9.81.